The maximum atomic E-state index is 13.9. The molecule has 1 unspecified atom stereocenters. The minimum atomic E-state index is -5.21. The van der Waals surface area contributed by atoms with Crippen molar-refractivity contribution in [2.75, 3.05) is 4.90 Å². The number of anilines is 1. The summed E-state index contributed by atoms with van der Waals surface area (Å²) < 4.78 is 123. The van der Waals surface area contributed by atoms with E-state index in [0.29, 0.717) is 43.9 Å². The molecule has 2 aliphatic rings. The second-order valence-electron chi connectivity index (χ2n) is 11.6. The molecule has 2 aromatic rings. The fraction of sp³-hybridized carbons (Fsp3) is 0.516. The molecule has 1 heterocycles. The van der Waals surface area contributed by atoms with Crippen molar-refractivity contribution in [3.63, 3.8) is 0 Å². The second kappa shape index (κ2) is 12.6. The lowest BCUT2D eigenvalue weighted by molar-refractivity contribution is -0.143. The number of benzene rings is 2. The molecule has 4 rings (SSSR count). The van der Waals surface area contributed by atoms with Gasteiger partial charge in [0.05, 0.1) is 28.7 Å². The van der Waals surface area contributed by atoms with E-state index in [1.165, 1.54) is 4.90 Å². The maximum Gasteiger partial charge on any atom is 0.416 e. The van der Waals surface area contributed by atoms with Crippen LogP contribution in [0.1, 0.15) is 91.5 Å². The van der Waals surface area contributed by atoms with Crippen molar-refractivity contribution in [3.05, 3.63) is 64.2 Å². The first-order valence-electron chi connectivity index (χ1n) is 14.3. The minimum absolute atomic E-state index is 0.00651. The molecule has 244 valence electrons. The summed E-state index contributed by atoms with van der Waals surface area (Å²) in [5, 5.41) is 19.2. The van der Waals surface area contributed by atoms with Crippen molar-refractivity contribution < 1.29 is 54.2 Å². The molecule has 0 spiro atoms. The predicted molar refractivity (Wildman–Crippen MR) is 143 cm³/mol. The molecule has 0 bridgehead atoms. The number of carbonyl (C=O) groups excluding carboxylic acids is 1. The van der Waals surface area contributed by atoms with Crippen LogP contribution in [0.2, 0.25) is 0 Å². The molecule has 1 fully saturated rings. The van der Waals surface area contributed by atoms with Crippen LogP contribution in [0.4, 0.5) is 45.2 Å². The minimum Gasteiger partial charge on any atom is -0.481 e. The van der Waals surface area contributed by atoms with E-state index in [1.807, 2.05) is 0 Å². The Kier molecular flexibility index (Phi) is 9.52. The zero-order valence-electron chi connectivity index (χ0n) is 23.9. The van der Waals surface area contributed by atoms with Gasteiger partial charge in [-0.3, -0.25) is 9.59 Å². The van der Waals surface area contributed by atoms with Gasteiger partial charge in [0.25, 0.3) is 0 Å². The topological polar surface area (TPSA) is 81.4 Å². The van der Waals surface area contributed by atoms with E-state index in [0.717, 1.165) is 12.1 Å². The van der Waals surface area contributed by atoms with Crippen molar-refractivity contribution in [2.45, 2.75) is 88.3 Å². The van der Waals surface area contributed by atoms with E-state index in [4.69, 9.17) is 5.11 Å². The number of nitriles is 1. The molecular weight excluding hydrogens is 619 g/mol. The Labute approximate surface area is 252 Å². The van der Waals surface area contributed by atoms with E-state index in [2.05, 4.69) is 0 Å². The van der Waals surface area contributed by atoms with Gasteiger partial charge in [-0.25, -0.2) is 0 Å². The highest BCUT2D eigenvalue weighted by Crippen LogP contribution is 2.50. The first-order valence-corrected chi connectivity index (χ1v) is 14.3. The highest BCUT2D eigenvalue weighted by molar-refractivity contribution is 5.97. The van der Waals surface area contributed by atoms with E-state index in [1.54, 1.807) is 13.0 Å². The van der Waals surface area contributed by atoms with Gasteiger partial charge in [-0.05, 0) is 92.0 Å². The molecule has 5 nitrogen and oxygen atoms in total. The average Bonchev–Trinajstić information content (AvgIpc) is 2.95. The van der Waals surface area contributed by atoms with Crippen molar-refractivity contribution >= 4 is 17.6 Å². The Balaban J connectivity index is 1.82. The van der Waals surface area contributed by atoms with Gasteiger partial charge in [-0.2, -0.15) is 44.8 Å². The molecular formula is C31H29F9N2O3. The van der Waals surface area contributed by atoms with Gasteiger partial charge in [-0.15, -0.1) is 0 Å². The van der Waals surface area contributed by atoms with Crippen LogP contribution in [0, 0.1) is 23.2 Å². The first-order chi connectivity index (χ1) is 20.8. The maximum absolute atomic E-state index is 13.9. The predicted octanol–water partition coefficient (Wildman–Crippen LogP) is 8.93. The van der Waals surface area contributed by atoms with Crippen molar-refractivity contribution in [2.24, 2.45) is 11.8 Å². The molecule has 1 N–H and O–H groups in total. The number of carbonyl (C=O) groups is 2. The van der Waals surface area contributed by atoms with Gasteiger partial charge in [0.15, 0.2) is 0 Å². The molecule has 45 heavy (non-hydrogen) atoms. The Morgan fingerprint density at radius 2 is 1.44 bits per heavy atom. The number of carboxylic acids is 1. The van der Waals surface area contributed by atoms with Crippen LogP contribution in [0.3, 0.4) is 0 Å². The van der Waals surface area contributed by atoms with E-state index < -0.39 is 76.5 Å². The third-order valence-electron chi connectivity index (χ3n) is 8.78. The fourth-order valence-corrected chi connectivity index (χ4v) is 6.55. The third-order valence-corrected chi connectivity index (χ3v) is 8.78. The summed E-state index contributed by atoms with van der Waals surface area (Å²) in [5.74, 6) is -5.08. The second-order valence-corrected chi connectivity index (χ2v) is 11.6. The van der Waals surface area contributed by atoms with E-state index >= 15 is 0 Å². The normalized spacial score (nSPS) is 23.2. The SMILES string of the molecule is CC[C@@H]1C[C@@H](C(C#N)c2cc(C(F)(F)F)cc(C(F)(F)F)c2)c2cc(C(F)(F)F)ccc2N1C(=O)C1CCC(CC(=O)O)CC1. The quantitative estimate of drug-likeness (QED) is 0.317. The van der Waals surface area contributed by atoms with Gasteiger partial charge in [-0.1, -0.05) is 6.92 Å². The molecule has 0 radical (unpaired) electrons. The monoisotopic (exact) mass is 648 g/mol. The number of rotatable bonds is 6. The van der Waals surface area contributed by atoms with E-state index in [-0.39, 0.29) is 42.5 Å². The summed E-state index contributed by atoms with van der Waals surface area (Å²) in [6.07, 6.45) is -13.7. The van der Waals surface area contributed by atoms with Crippen molar-refractivity contribution in [1.82, 2.24) is 0 Å². The van der Waals surface area contributed by atoms with Gasteiger partial charge < -0.3 is 10.0 Å². The highest BCUT2D eigenvalue weighted by atomic mass is 19.4. The standard InChI is InChI=1S/C31H29F9N2O3/c1-2-22-14-23(25(15-41)18-10-20(30(35,36)37)12-21(11-18)31(38,39)40)24-13-19(29(32,33)34)7-8-26(24)42(22)28(45)17-5-3-16(4-6-17)9-27(43)44/h7-8,10-13,16-17,22-23,25H,2-6,9,14H2,1H3,(H,43,44)/t16?,17?,22-,23-,25?/m1/s1. The third kappa shape index (κ3) is 7.39. The number of alkyl halides is 9. The zero-order valence-corrected chi connectivity index (χ0v) is 23.9. The van der Waals surface area contributed by atoms with Crippen LogP contribution in [0.15, 0.2) is 36.4 Å². The number of carboxylic acid groups (broad SMARTS) is 1. The molecule has 0 saturated heterocycles. The van der Waals surface area contributed by atoms with Gasteiger partial charge in [0.1, 0.15) is 0 Å². The molecule has 1 aliphatic carbocycles. The van der Waals surface area contributed by atoms with Crippen LogP contribution < -0.4 is 4.90 Å². The Morgan fingerprint density at radius 3 is 1.91 bits per heavy atom. The highest BCUT2D eigenvalue weighted by Gasteiger charge is 2.45. The molecule has 1 saturated carbocycles. The Bertz CT molecular complexity index is 1440. The van der Waals surface area contributed by atoms with E-state index in [9.17, 15) is 54.4 Å². The number of halogens is 9. The van der Waals surface area contributed by atoms with Gasteiger partial charge in [0.2, 0.25) is 5.91 Å². The van der Waals surface area contributed by atoms with Crippen molar-refractivity contribution in [1.29, 1.82) is 5.26 Å². The molecule has 0 aromatic heterocycles. The smallest absolute Gasteiger partial charge is 0.416 e. The lowest BCUT2D eigenvalue weighted by atomic mass is 9.73. The molecule has 14 heteroatoms. The number of amides is 1. The van der Waals surface area contributed by atoms with Crippen LogP contribution in [-0.2, 0) is 28.1 Å². The summed E-state index contributed by atoms with van der Waals surface area (Å²) in [7, 11) is 0. The van der Waals surface area contributed by atoms with Crippen LogP contribution >= 0.6 is 0 Å². The molecule has 2 aromatic carbocycles. The lowest BCUT2D eigenvalue weighted by Crippen LogP contribution is -2.48. The molecule has 1 aliphatic heterocycles. The van der Waals surface area contributed by atoms with Crippen LogP contribution in [0.5, 0.6) is 0 Å². The summed E-state index contributed by atoms with van der Waals surface area (Å²) in [6.45, 7) is 1.67. The van der Waals surface area contributed by atoms with Gasteiger partial charge in [0, 0.05) is 30.0 Å². The number of nitrogens with zero attached hydrogens (tertiary/aromatic N) is 2. The molecule has 1 amide bonds. The summed E-state index contributed by atoms with van der Waals surface area (Å²) in [5.41, 5.74) is -5.30. The summed E-state index contributed by atoms with van der Waals surface area (Å²) in [4.78, 5) is 26.3. The number of hydrogen-bond donors (Lipinski definition) is 1. The molecule has 3 atom stereocenters. The first kappa shape index (κ1) is 34.1. The summed E-state index contributed by atoms with van der Waals surface area (Å²) in [6, 6.07) is 4.25. The van der Waals surface area contributed by atoms with Gasteiger partial charge >= 0.3 is 24.5 Å². The summed E-state index contributed by atoms with van der Waals surface area (Å²) >= 11 is 0. The van der Waals surface area contributed by atoms with Crippen molar-refractivity contribution in [3.8, 4) is 6.07 Å². The van der Waals surface area contributed by atoms with Crippen LogP contribution in [0.25, 0.3) is 0 Å². The Morgan fingerprint density at radius 1 is 0.889 bits per heavy atom. The average molecular weight is 649 g/mol. The number of aliphatic carboxylic acids is 1. The largest absolute Gasteiger partial charge is 0.481 e. The lowest BCUT2D eigenvalue weighted by Gasteiger charge is -2.44. The Hall–Kier alpha value is -3.76. The fourth-order valence-electron chi connectivity index (χ4n) is 6.55. The number of hydrogen-bond acceptors (Lipinski definition) is 3. The number of fused-ring (bicyclic) bond motifs is 1. The zero-order chi connectivity index (χ0) is 33.5. The van der Waals surface area contributed by atoms with Crippen LogP contribution in [-0.4, -0.2) is 23.0 Å².